The monoisotopic (exact) mass is 235 g/mol. The molecule has 1 aromatic rings. The molecule has 0 aromatic heterocycles. The van der Waals surface area contributed by atoms with Gasteiger partial charge in [-0.1, -0.05) is 42.7 Å². The van der Waals surface area contributed by atoms with Gasteiger partial charge in [-0.05, 0) is 45.2 Å². The average Bonchev–Trinajstić information content (AvgIpc) is 2.35. The molecular formula is C15H25NO. The van der Waals surface area contributed by atoms with Crippen molar-refractivity contribution < 1.29 is 5.11 Å². The van der Waals surface area contributed by atoms with Crippen LogP contribution in [-0.2, 0) is 6.42 Å². The first-order valence-electron chi connectivity index (χ1n) is 6.63. The van der Waals surface area contributed by atoms with E-state index >= 15 is 0 Å². The van der Waals surface area contributed by atoms with Crippen LogP contribution in [0.4, 0.5) is 0 Å². The van der Waals surface area contributed by atoms with Crippen LogP contribution in [-0.4, -0.2) is 18.4 Å². The van der Waals surface area contributed by atoms with Gasteiger partial charge in [-0.25, -0.2) is 0 Å². The van der Waals surface area contributed by atoms with Crippen molar-refractivity contribution in [3.8, 4) is 0 Å². The van der Waals surface area contributed by atoms with Gasteiger partial charge >= 0.3 is 0 Å². The number of aryl methyl sites for hydroxylation is 2. The predicted octanol–water partition coefficient (Wildman–Crippen LogP) is 3.03. The smallest absolute Gasteiger partial charge is 0.104 e. The Morgan fingerprint density at radius 3 is 2.35 bits per heavy atom. The summed E-state index contributed by atoms with van der Waals surface area (Å²) in [5.41, 5.74) is 2.76. The van der Waals surface area contributed by atoms with Gasteiger partial charge in [0.25, 0.3) is 0 Å². The Labute approximate surface area is 105 Å². The van der Waals surface area contributed by atoms with Crippen molar-refractivity contribution >= 4 is 0 Å². The molecular weight excluding hydrogens is 210 g/mol. The van der Waals surface area contributed by atoms with Crippen molar-refractivity contribution in [3.63, 3.8) is 0 Å². The van der Waals surface area contributed by atoms with Crippen LogP contribution in [0.1, 0.15) is 43.2 Å². The van der Waals surface area contributed by atoms with Crippen LogP contribution in [0.2, 0.25) is 0 Å². The van der Waals surface area contributed by atoms with Gasteiger partial charge in [0, 0.05) is 0 Å². The highest BCUT2D eigenvalue weighted by Gasteiger charge is 1.99. The summed E-state index contributed by atoms with van der Waals surface area (Å²) in [4.78, 5) is 0. The number of aliphatic hydroxyl groups is 1. The standard InChI is InChI=1S/C15H25NO/c1-13-9-11-14(12-10-13)7-5-3-4-6-8-15(17)16-2/h9-12,15-17H,3-8H2,1-2H3. The molecule has 0 aliphatic heterocycles. The topological polar surface area (TPSA) is 32.3 Å². The average molecular weight is 235 g/mol. The van der Waals surface area contributed by atoms with Gasteiger partial charge in [0.15, 0.2) is 0 Å². The predicted molar refractivity (Wildman–Crippen MR) is 73.0 cm³/mol. The first kappa shape index (κ1) is 14.2. The Kier molecular flexibility index (Phi) is 6.90. The van der Waals surface area contributed by atoms with Crippen molar-refractivity contribution in [2.45, 2.75) is 51.7 Å². The van der Waals surface area contributed by atoms with Crippen LogP contribution in [0.25, 0.3) is 0 Å². The van der Waals surface area contributed by atoms with E-state index in [1.165, 1.54) is 36.8 Å². The Hall–Kier alpha value is -0.860. The number of rotatable bonds is 8. The summed E-state index contributed by atoms with van der Waals surface area (Å²) in [5, 5.41) is 12.1. The fraction of sp³-hybridized carbons (Fsp3) is 0.600. The minimum atomic E-state index is -0.327. The lowest BCUT2D eigenvalue weighted by Gasteiger charge is -2.08. The van der Waals surface area contributed by atoms with Gasteiger partial charge in [0.2, 0.25) is 0 Å². The molecule has 0 aliphatic rings. The fourth-order valence-electron chi connectivity index (χ4n) is 1.92. The molecule has 0 heterocycles. The van der Waals surface area contributed by atoms with E-state index in [1.807, 2.05) is 0 Å². The molecule has 1 aromatic carbocycles. The Bertz CT molecular complexity index is 294. The molecule has 0 amide bonds. The van der Waals surface area contributed by atoms with Gasteiger partial charge in [-0.15, -0.1) is 0 Å². The van der Waals surface area contributed by atoms with E-state index in [1.54, 1.807) is 7.05 Å². The summed E-state index contributed by atoms with van der Waals surface area (Å²) in [6.45, 7) is 2.12. The third-order valence-corrected chi connectivity index (χ3v) is 3.15. The summed E-state index contributed by atoms with van der Waals surface area (Å²) in [6.07, 6.45) is 6.53. The summed E-state index contributed by atoms with van der Waals surface area (Å²) >= 11 is 0. The quantitative estimate of drug-likeness (QED) is 0.536. The molecule has 2 N–H and O–H groups in total. The molecule has 0 bridgehead atoms. The second-order valence-corrected chi connectivity index (χ2v) is 4.74. The highest BCUT2D eigenvalue weighted by atomic mass is 16.3. The molecule has 0 spiro atoms. The van der Waals surface area contributed by atoms with Crippen LogP contribution in [0.5, 0.6) is 0 Å². The summed E-state index contributed by atoms with van der Waals surface area (Å²) in [5.74, 6) is 0. The molecule has 17 heavy (non-hydrogen) atoms. The third-order valence-electron chi connectivity index (χ3n) is 3.15. The molecule has 2 nitrogen and oxygen atoms in total. The van der Waals surface area contributed by atoms with E-state index in [2.05, 4.69) is 36.5 Å². The number of benzene rings is 1. The highest BCUT2D eigenvalue weighted by Crippen LogP contribution is 2.10. The van der Waals surface area contributed by atoms with Gasteiger partial charge in [0.05, 0.1) is 0 Å². The molecule has 0 saturated heterocycles. The largest absolute Gasteiger partial charge is 0.379 e. The number of hydrogen-bond donors (Lipinski definition) is 2. The maximum atomic E-state index is 9.31. The van der Waals surface area contributed by atoms with Crippen LogP contribution in [0, 0.1) is 6.92 Å². The highest BCUT2D eigenvalue weighted by molar-refractivity contribution is 5.21. The van der Waals surface area contributed by atoms with Crippen LogP contribution in [0.3, 0.4) is 0 Å². The Balaban J connectivity index is 2.02. The summed E-state index contributed by atoms with van der Waals surface area (Å²) < 4.78 is 0. The molecule has 1 unspecified atom stereocenters. The van der Waals surface area contributed by atoms with Crippen molar-refractivity contribution in [1.29, 1.82) is 0 Å². The van der Waals surface area contributed by atoms with E-state index in [9.17, 15) is 5.11 Å². The lowest BCUT2D eigenvalue weighted by atomic mass is 10.0. The number of aliphatic hydroxyl groups excluding tert-OH is 1. The van der Waals surface area contributed by atoms with Gasteiger partial charge in [-0.2, -0.15) is 0 Å². The molecule has 2 heteroatoms. The minimum absolute atomic E-state index is 0.327. The van der Waals surface area contributed by atoms with Crippen molar-refractivity contribution in [2.24, 2.45) is 0 Å². The maximum absolute atomic E-state index is 9.31. The zero-order valence-electron chi connectivity index (χ0n) is 11.1. The minimum Gasteiger partial charge on any atom is -0.379 e. The molecule has 1 atom stereocenters. The van der Waals surface area contributed by atoms with Crippen molar-refractivity contribution in [2.75, 3.05) is 7.05 Å². The van der Waals surface area contributed by atoms with E-state index in [4.69, 9.17) is 0 Å². The van der Waals surface area contributed by atoms with Gasteiger partial charge in [0.1, 0.15) is 6.23 Å². The van der Waals surface area contributed by atoms with Gasteiger partial charge in [-0.3, -0.25) is 5.32 Å². The molecule has 1 rings (SSSR count). The second-order valence-electron chi connectivity index (χ2n) is 4.74. The van der Waals surface area contributed by atoms with Crippen LogP contribution in [0.15, 0.2) is 24.3 Å². The number of hydrogen-bond acceptors (Lipinski definition) is 2. The normalized spacial score (nSPS) is 12.6. The lowest BCUT2D eigenvalue weighted by Crippen LogP contribution is -2.23. The number of unbranched alkanes of at least 4 members (excludes halogenated alkanes) is 3. The Morgan fingerprint density at radius 1 is 1.06 bits per heavy atom. The molecule has 0 saturated carbocycles. The van der Waals surface area contributed by atoms with Crippen LogP contribution < -0.4 is 5.32 Å². The number of nitrogens with one attached hydrogen (secondary N) is 1. The third kappa shape index (κ3) is 6.44. The lowest BCUT2D eigenvalue weighted by molar-refractivity contribution is 0.133. The fourth-order valence-corrected chi connectivity index (χ4v) is 1.92. The molecule has 0 radical (unpaired) electrons. The first-order chi connectivity index (χ1) is 8.22. The van der Waals surface area contributed by atoms with Crippen molar-refractivity contribution in [3.05, 3.63) is 35.4 Å². The maximum Gasteiger partial charge on any atom is 0.104 e. The molecule has 0 aliphatic carbocycles. The first-order valence-corrected chi connectivity index (χ1v) is 6.63. The zero-order chi connectivity index (χ0) is 12.5. The molecule has 0 fully saturated rings. The van der Waals surface area contributed by atoms with E-state index in [0.717, 1.165) is 12.8 Å². The molecule has 96 valence electrons. The van der Waals surface area contributed by atoms with E-state index < -0.39 is 0 Å². The zero-order valence-corrected chi connectivity index (χ0v) is 11.1. The van der Waals surface area contributed by atoms with E-state index in [0.29, 0.717) is 0 Å². The Morgan fingerprint density at radius 2 is 1.71 bits per heavy atom. The van der Waals surface area contributed by atoms with E-state index in [-0.39, 0.29) is 6.23 Å². The summed E-state index contributed by atoms with van der Waals surface area (Å²) in [7, 11) is 1.79. The van der Waals surface area contributed by atoms with Crippen LogP contribution >= 0.6 is 0 Å². The van der Waals surface area contributed by atoms with Crippen molar-refractivity contribution in [1.82, 2.24) is 5.32 Å². The SMILES string of the molecule is CNC(O)CCCCCCc1ccc(C)cc1. The van der Waals surface area contributed by atoms with Gasteiger partial charge < -0.3 is 5.11 Å². The second kappa shape index (κ2) is 8.26. The summed E-state index contributed by atoms with van der Waals surface area (Å²) in [6, 6.07) is 8.80.